The van der Waals surface area contributed by atoms with Gasteiger partial charge in [-0.2, -0.15) is 11.8 Å². The third kappa shape index (κ3) is 2.78. The van der Waals surface area contributed by atoms with Gasteiger partial charge >= 0.3 is 0 Å². The second-order valence-corrected chi connectivity index (χ2v) is 7.64. The maximum Gasteiger partial charge on any atom is 0.160 e. The number of aromatic nitrogens is 3. The standard InChI is InChI=1S/C13H15BrClN3S/c1-8(15)12-17-11-4-10(14)5-16-13(11)18(12)6-9-2-3-19-7-9/h4-5,8-9H,2-3,6-7H2,1H3. The zero-order valence-electron chi connectivity index (χ0n) is 10.6. The van der Waals surface area contributed by atoms with Crippen LogP contribution in [-0.2, 0) is 6.54 Å². The van der Waals surface area contributed by atoms with Crippen LogP contribution in [-0.4, -0.2) is 26.0 Å². The highest BCUT2D eigenvalue weighted by molar-refractivity contribution is 9.10. The molecule has 0 spiro atoms. The van der Waals surface area contributed by atoms with Gasteiger partial charge in [-0.3, -0.25) is 0 Å². The monoisotopic (exact) mass is 359 g/mol. The number of hydrogen-bond acceptors (Lipinski definition) is 3. The molecule has 3 rings (SSSR count). The SMILES string of the molecule is CC(Cl)c1nc2cc(Br)cnc2n1CC1CCSC1. The van der Waals surface area contributed by atoms with Crippen molar-refractivity contribution in [3.63, 3.8) is 0 Å². The van der Waals surface area contributed by atoms with Crippen molar-refractivity contribution in [2.75, 3.05) is 11.5 Å². The third-order valence-corrected chi connectivity index (χ3v) is 5.26. The van der Waals surface area contributed by atoms with Gasteiger partial charge in [0.15, 0.2) is 5.65 Å². The van der Waals surface area contributed by atoms with Crippen LogP contribution in [0.5, 0.6) is 0 Å². The largest absolute Gasteiger partial charge is 0.311 e. The molecule has 2 unspecified atom stereocenters. The van der Waals surface area contributed by atoms with Crippen molar-refractivity contribution < 1.29 is 0 Å². The van der Waals surface area contributed by atoms with Gasteiger partial charge in [-0.1, -0.05) is 0 Å². The van der Waals surface area contributed by atoms with E-state index in [2.05, 4.69) is 30.5 Å². The Hall–Kier alpha value is -0.260. The first-order valence-corrected chi connectivity index (χ1v) is 8.77. The normalized spacial score (nSPS) is 21.1. The van der Waals surface area contributed by atoms with E-state index in [9.17, 15) is 0 Å². The van der Waals surface area contributed by atoms with Gasteiger partial charge in [0.1, 0.15) is 11.3 Å². The summed E-state index contributed by atoms with van der Waals surface area (Å²) in [6.45, 7) is 2.95. The van der Waals surface area contributed by atoms with Crippen molar-refractivity contribution >= 4 is 50.5 Å². The lowest BCUT2D eigenvalue weighted by Crippen LogP contribution is -2.13. The molecule has 6 heteroatoms. The number of thioether (sulfide) groups is 1. The molecule has 1 aliphatic heterocycles. The second kappa shape index (κ2) is 5.62. The summed E-state index contributed by atoms with van der Waals surface area (Å²) in [6, 6.07) is 2.00. The number of imidazole rings is 1. The van der Waals surface area contributed by atoms with Crippen LogP contribution in [0.25, 0.3) is 11.2 Å². The molecule has 0 aliphatic carbocycles. The maximum atomic E-state index is 6.28. The van der Waals surface area contributed by atoms with E-state index >= 15 is 0 Å². The van der Waals surface area contributed by atoms with Gasteiger partial charge < -0.3 is 4.57 Å². The third-order valence-electron chi connectivity index (χ3n) is 3.40. The van der Waals surface area contributed by atoms with E-state index in [1.807, 2.05) is 30.9 Å². The topological polar surface area (TPSA) is 30.7 Å². The number of rotatable bonds is 3. The van der Waals surface area contributed by atoms with Gasteiger partial charge in [-0.05, 0) is 52.8 Å². The van der Waals surface area contributed by atoms with Crippen molar-refractivity contribution in [1.29, 1.82) is 0 Å². The van der Waals surface area contributed by atoms with E-state index in [4.69, 9.17) is 11.6 Å². The van der Waals surface area contributed by atoms with Crippen molar-refractivity contribution in [3.05, 3.63) is 22.6 Å². The summed E-state index contributed by atoms with van der Waals surface area (Å²) in [6.07, 6.45) is 3.10. The fraction of sp³-hybridized carbons (Fsp3) is 0.538. The maximum absolute atomic E-state index is 6.28. The van der Waals surface area contributed by atoms with Crippen LogP contribution in [0.4, 0.5) is 0 Å². The molecule has 2 atom stereocenters. The first-order valence-electron chi connectivity index (χ1n) is 6.38. The van der Waals surface area contributed by atoms with Crippen LogP contribution in [0.1, 0.15) is 24.5 Å². The van der Waals surface area contributed by atoms with Crippen LogP contribution in [0.15, 0.2) is 16.7 Å². The summed E-state index contributed by atoms with van der Waals surface area (Å²) in [5, 5.41) is -0.0953. The van der Waals surface area contributed by atoms with Gasteiger partial charge in [0.05, 0.1) is 5.38 Å². The number of alkyl halides is 1. The van der Waals surface area contributed by atoms with E-state index in [0.717, 1.165) is 28.0 Å². The Morgan fingerprint density at radius 1 is 1.63 bits per heavy atom. The molecule has 3 heterocycles. The van der Waals surface area contributed by atoms with Crippen LogP contribution >= 0.6 is 39.3 Å². The minimum atomic E-state index is -0.0953. The number of pyridine rings is 1. The molecule has 0 bridgehead atoms. The number of fused-ring (bicyclic) bond motifs is 1. The molecule has 0 aromatic carbocycles. The zero-order valence-corrected chi connectivity index (χ0v) is 13.8. The average molecular weight is 361 g/mol. The first kappa shape index (κ1) is 13.7. The molecule has 0 N–H and O–H groups in total. The predicted octanol–water partition coefficient (Wildman–Crippen LogP) is 4.25. The molecule has 2 aromatic heterocycles. The highest BCUT2D eigenvalue weighted by Gasteiger charge is 2.21. The summed E-state index contributed by atoms with van der Waals surface area (Å²) in [7, 11) is 0. The van der Waals surface area contributed by atoms with Crippen LogP contribution in [0.2, 0.25) is 0 Å². The molecule has 0 radical (unpaired) electrons. The quantitative estimate of drug-likeness (QED) is 0.767. The minimum Gasteiger partial charge on any atom is -0.311 e. The molecule has 102 valence electrons. The second-order valence-electron chi connectivity index (χ2n) is 4.92. The number of nitrogens with zero attached hydrogens (tertiary/aromatic N) is 3. The Morgan fingerprint density at radius 3 is 3.16 bits per heavy atom. The molecular formula is C13H15BrClN3S. The lowest BCUT2D eigenvalue weighted by Gasteiger charge is -2.14. The molecule has 19 heavy (non-hydrogen) atoms. The van der Waals surface area contributed by atoms with Gasteiger partial charge in [0, 0.05) is 17.2 Å². The van der Waals surface area contributed by atoms with Crippen LogP contribution in [0, 0.1) is 5.92 Å². The Balaban J connectivity index is 2.05. The van der Waals surface area contributed by atoms with Crippen LogP contribution in [0.3, 0.4) is 0 Å². The molecule has 0 saturated carbocycles. The summed E-state index contributed by atoms with van der Waals surface area (Å²) in [4.78, 5) is 9.16. The summed E-state index contributed by atoms with van der Waals surface area (Å²) in [5.74, 6) is 4.13. The zero-order chi connectivity index (χ0) is 13.4. The summed E-state index contributed by atoms with van der Waals surface area (Å²) >= 11 is 11.8. The fourth-order valence-electron chi connectivity index (χ4n) is 2.47. The lowest BCUT2D eigenvalue weighted by atomic mass is 10.1. The highest BCUT2D eigenvalue weighted by Crippen LogP contribution is 2.30. The van der Waals surface area contributed by atoms with Crippen LogP contribution < -0.4 is 0 Å². The predicted molar refractivity (Wildman–Crippen MR) is 84.9 cm³/mol. The molecule has 0 amide bonds. The highest BCUT2D eigenvalue weighted by atomic mass is 79.9. The minimum absolute atomic E-state index is 0.0953. The Labute approximate surface area is 130 Å². The summed E-state index contributed by atoms with van der Waals surface area (Å²) < 4.78 is 3.16. The lowest BCUT2D eigenvalue weighted by molar-refractivity contribution is 0.486. The van der Waals surface area contributed by atoms with Gasteiger partial charge in [0.2, 0.25) is 0 Å². The Kier molecular flexibility index (Phi) is 4.06. The van der Waals surface area contributed by atoms with Gasteiger partial charge in [0.25, 0.3) is 0 Å². The molecule has 1 saturated heterocycles. The van der Waals surface area contributed by atoms with E-state index in [-0.39, 0.29) is 5.38 Å². The Morgan fingerprint density at radius 2 is 2.47 bits per heavy atom. The average Bonchev–Trinajstić information content (AvgIpc) is 2.97. The van der Waals surface area contributed by atoms with Crippen molar-refractivity contribution in [1.82, 2.24) is 14.5 Å². The van der Waals surface area contributed by atoms with E-state index < -0.39 is 0 Å². The molecule has 1 aliphatic rings. The molecule has 1 fully saturated rings. The van der Waals surface area contributed by atoms with Crippen molar-refractivity contribution in [2.24, 2.45) is 5.92 Å². The van der Waals surface area contributed by atoms with Gasteiger partial charge in [-0.25, -0.2) is 9.97 Å². The van der Waals surface area contributed by atoms with Gasteiger partial charge in [-0.15, -0.1) is 11.6 Å². The van der Waals surface area contributed by atoms with E-state index in [0.29, 0.717) is 5.92 Å². The number of hydrogen-bond donors (Lipinski definition) is 0. The van der Waals surface area contributed by atoms with Crippen molar-refractivity contribution in [2.45, 2.75) is 25.3 Å². The number of halogens is 2. The van der Waals surface area contributed by atoms with E-state index in [1.165, 1.54) is 17.9 Å². The van der Waals surface area contributed by atoms with Crippen molar-refractivity contribution in [3.8, 4) is 0 Å². The summed E-state index contributed by atoms with van der Waals surface area (Å²) in [5.41, 5.74) is 1.87. The Bertz CT molecular complexity index is 593. The first-order chi connectivity index (χ1) is 9.15. The molecule has 3 nitrogen and oxygen atoms in total. The molecule has 2 aromatic rings. The fourth-order valence-corrected chi connectivity index (χ4v) is 4.23. The molecular weight excluding hydrogens is 346 g/mol. The van der Waals surface area contributed by atoms with E-state index in [1.54, 1.807) is 0 Å². The smallest absolute Gasteiger partial charge is 0.160 e.